The second-order valence-electron chi connectivity index (χ2n) is 5.56. The van der Waals surface area contributed by atoms with Gasteiger partial charge in [-0.05, 0) is 63.0 Å². The number of rotatable bonds is 3. The maximum Gasteiger partial charge on any atom is 0.123 e. The van der Waals surface area contributed by atoms with Gasteiger partial charge < -0.3 is 10.3 Å². The van der Waals surface area contributed by atoms with E-state index in [4.69, 9.17) is 4.98 Å². The lowest BCUT2D eigenvalue weighted by molar-refractivity contribution is 0.368. The van der Waals surface area contributed by atoms with E-state index in [1.54, 1.807) is 12.1 Å². The average Bonchev–Trinajstić information content (AvgIpc) is 2.81. The van der Waals surface area contributed by atoms with Crippen LogP contribution in [0, 0.1) is 18.7 Å². The number of nitrogens with zero attached hydrogens (tertiary/aromatic N) is 1. The number of aryl methyl sites for hydroxylation is 1. The van der Waals surface area contributed by atoms with Crippen LogP contribution in [0.15, 0.2) is 24.3 Å². The first kappa shape index (κ1) is 13.3. The molecule has 0 radical (unpaired) electrons. The number of imidazole rings is 1. The molecule has 0 atom stereocenters. The molecule has 2 heterocycles. The van der Waals surface area contributed by atoms with E-state index in [2.05, 4.69) is 10.3 Å². The Kier molecular flexibility index (Phi) is 3.83. The molecule has 3 nitrogen and oxygen atoms in total. The highest BCUT2D eigenvalue weighted by molar-refractivity contribution is 5.61. The average molecular weight is 273 g/mol. The van der Waals surface area contributed by atoms with Crippen LogP contribution in [0.25, 0.3) is 11.3 Å². The SMILES string of the molecule is Cc1[nH]c(CC2CCNCC2)nc1-c1ccc(F)cc1. The van der Waals surface area contributed by atoms with Gasteiger partial charge in [-0.25, -0.2) is 9.37 Å². The second kappa shape index (κ2) is 5.75. The third-order valence-electron chi connectivity index (χ3n) is 3.99. The minimum absolute atomic E-state index is 0.211. The summed E-state index contributed by atoms with van der Waals surface area (Å²) in [5.74, 6) is 1.55. The summed E-state index contributed by atoms with van der Waals surface area (Å²) in [5, 5.41) is 3.38. The van der Waals surface area contributed by atoms with Crippen molar-refractivity contribution in [2.24, 2.45) is 5.92 Å². The van der Waals surface area contributed by atoms with Crippen LogP contribution in [0.4, 0.5) is 4.39 Å². The van der Waals surface area contributed by atoms with Gasteiger partial charge in [0.2, 0.25) is 0 Å². The van der Waals surface area contributed by atoms with E-state index in [0.29, 0.717) is 5.92 Å². The Morgan fingerprint density at radius 3 is 2.60 bits per heavy atom. The number of nitrogens with one attached hydrogen (secondary N) is 2. The topological polar surface area (TPSA) is 40.7 Å². The van der Waals surface area contributed by atoms with Crippen LogP contribution in [-0.4, -0.2) is 23.1 Å². The second-order valence-corrected chi connectivity index (χ2v) is 5.56. The predicted molar refractivity (Wildman–Crippen MR) is 78.0 cm³/mol. The summed E-state index contributed by atoms with van der Waals surface area (Å²) >= 11 is 0. The molecule has 0 spiro atoms. The van der Waals surface area contributed by atoms with Gasteiger partial charge in [-0.1, -0.05) is 0 Å². The third-order valence-corrected chi connectivity index (χ3v) is 3.99. The summed E-state index contributed by atoms with van der Waals surface area (Å²) in [5.41, 5.74) is 2.96. The lowest BCUT2D eigenvalue weighted by atomic mass is 9.94. The van der Waals surface area contributed by atoms with Gasteiger partial charge in [-0.3, -0.25) is 0 Å². The van der Waals surface area contributed by atoms with E-state index < -0.39 is 0 Å². The number of hydrogen-bond acceptors (Lipinski definition) is 2. The predicted octanol–water partition coefficient (Wildman–Crippen LogP) is 3.07. The number of H-pyrrole nitrogens is 1. The minimum Gasteiger partial charge on any atom is -0.346 e. The molecule has 1 aliphatic rings. The van der Waals surface area contributed by atoms with Crippen molar-refractivity contribution in [3.63, 3.8) is 0 Å². The molecule has 3 rings (SSSR count). The van der Waals surface area contributed by atoms with Crippen LogP contribution in [0.5, 0.6) is 0 Å². The summed E-state index contributed by atoms with van der Waals surface area (Å²) in [6.07, 6.45) is 3.43. The van der Waals surface area contributed by atoms with E-state index in [1.165, 1.54) is 25.0 Å². The smallest absolute Gasteiger partial charge is 0.123 e. The van der Waals surface area contributed by atoms with Crippen molar-refractivity contribution in [2.75, 3.05) is 13.1 Å². The number of aromatic amines is 1. The molecule has 1 saturated heterocycles. The van der Waals surface area contributed by atoms with Crippen molar-refractivity contribution in [1.82, 2.24) is 15.3 Å². The quantitative estimate of drug-likeness (QED) is 0.902. The van der Waals surface area contributed by atoms with E-state index in [0.717, 1.165) is 42.3 Å². The molecule has 106 valence electrons. The van der Waals surface area contributed by atoms with Crippen molar-refractivity contribution in [3.05, 3.63) is 41.6 Å². The van der Waals surface area contributed by atoms with E-state index >= 15 is 0 Å². The monoisotopic (exact) mass is 273 g/mol. The Morgan fingerprint density at radius 1 is 1.20 bits per heavy atom. The van der Waals surface area contributed by atoms with Crippen LogP contribution in [0.1, 0.15) is 24.4 Å². The molecule has 20 heavy (non-hydrogen) atoms. The van der Waals surface area contributed by atoms with Gasteiger partial charge in [0, 0.05) is 17.7 Å². The number of hydrogen-bond donors (Lipinski definition) is 2. The zero-order valence-corrected chi connectivity index (χ0v) is 11.7. The number of halogens is 1. The van der Waals surface area contributed by atoms with Crippen LogP contribution in [-0.2, 0) is 6.42 Å². The summed E-state index contributed by atoms with van der Waals surface area (Å²) in [7, 11) is 0. The fourth-order valence-corrected chi connectivity index (χ4v) is 2.87. The molecule has 1 aromatic carbocycles. The Balaban J connectivity index is 1.78. The summed E-state index contributed by atoms with van der Waals surface area (Å²) in [6.45, 7) is 4.24. The summed E-state index contributed by atoms with van der Waals surface area (Å²) in [6, 6.07) is 6.53. The summed E-state index contributed by atoms with van der Waals surface area (Å²) in [4.78, 5) is 8.09. The molecular weight excluding hydrogens is 253 g/mol. The summed E-state index contributed by atoms with van der Waals surface area (Å²) < 4.78 is 13.0. The third kappa shape index (κ3) is 2.90. The van der Waals surface area contributed by atoms with Crippen LogP contribution < -0.4 is 5.32 Å². The molecule has 2 N–H and O–H groups in total. The zero-order valence-electron chi connectivity index (χ0n) is 11.7. The van der Waals surface area contributed by atoms with Gasteiger partial charge in [0.05, 0.1) is 5.69 Å². The van der Waals surface area contributed by atoms with Crippen LogP contribution in [0.3, 0.4) is 0 Å². The van der Waals surface area contributed by atoms with Gasteiger partial charge in [0.25, 0.3) is 0 Å². The number of benzene rings is 1. The number of piperidine rings is 1. The molecule has 1 aromatic heterocycles. The van der Waals surface area contributed by atoms with E-state index in [-0.39, 0.29) is 5.82 Å². The number of aromatic nitrogens is 2. The largest absolute Gasteiger partial charge is 0.346 e. The highest BCUT2D eigenvalue weighted by atomic mass is 19.1. The van der Waals surface area contributed by atoms with Gasteiger partial charge in [0.1, 0.15) is 11.6 Å². The fraction of sp³-hybridized carbons (Fsp3) is 0.438. The van der Waals surface area contributed by atoms with Gasteiger partial charge >= 0.3 is 0 Å². The van der Waals surface area contributed by atoms with Crippen LogP contribution in [0.2, 0.25) is 0 Å². The van der Waals surface area contributed by atoms with Crippen molar-refractivity contribution in [3.8, 4) is 11.3 Å². The first-order chi connectivity index (χ1) is 9.72. The van der Waals surface area contributed by atoms with E-state index in [1.807, 2.05) is 6.92 Å². The van der Waals surface area contributed by atoms with Crippen molar-refractivity contribution in [1.29, 1.82) is 0 Å². The van der Waals surface area contributed by atoms with Crippen molar-refractivity contribution < 1.29 is 4.39 Å². The zero-order chi connectivity index (χ0) is 13.9. The van der Waals surface area contributed by atoms with Crippen molar-refractivity contribution >= 4 is 0 Å². The molecule has 1 fully saturated rings. The normalized spacial score (nSPS) is 16.5. The first-order valence-corrected chi connectivity index (χ1v) is 7.24. The maximum atomic E-state index is 13.0. The maximum absolute atomic E-state index is 13.0. The highest BCUT2D eigenvalue weighted by Crippen LogP contribution is 2.23. The molecular formula is C16H20FN3. The molecule has 0 saturated carbocycles. The van der Waals surface area contributed by atoms with Gasteiger partial charge in [0.15, 0.2) is 0 Å². The molecule has 4 heteroatoms. The minimum atomic E-state index is -0.211. The first-order valence-electron chi connectivity index (χ1n) is 7.24. The molecule has 1 aliphatic heterocycles. The Bertz CT molecular complexity index is 568. The lowest BCUT2D eigenvalue weighted by Crippen LogP contribution is -2.28. The van der Waals surface area contributed by atoms with Gasteiger partial charge in [-0.15, -0.1) is 0 Å². The lowest BCUT2D eigenvalue weighted by Gasteiger charge is -2.21. The fourth-order valence-electron chi connectivity index (χ4n) is 2.87. The molecule has 0 bridgehead atoms. The molecule has 0 aliphatic carbocycles. The van der Waals surface area contributed by atoms with E-state index in [9.17, 15) is 4.39 Å². The molecule has 2 aromatic rings. The Morgan fingerprint density at radius 2 is 1.90 bits per heavy atom. The Hall–Kier alpha value is -1.68. The molecule has 0 amide bonds. The highest BCUT2D eigenvalue weighted by Gasteiger charge is 2.16. The Labute approximate surface area is 118 Å². The molecule has 0 unspecified atom stereocenters. The van der Waals surface area contributed by atoms with Crippen molar-refractivity contribution in [2.45, 2.75) is 26.2 Å². The van der Waals surface area contributed by atoms with Crippen LogP contribution >= 0.6 is 0 Å². The standard InChI is InChI=1S/C16H20FN3/c1-11-16(13-2-4-14(17)5-3-13)20-15(19-11)10-12-6-8-18-9-7-12/h2-5,12,18H,6-10H2,1H3,(H,19,20). The van der Waals surface area contributed by atoms with Gasteiger partial charge in [-0.2, -0.15) is 0 Å².